The fourth-order valence-corrected chi connectivity index (χ4v) is 4.66. The van der Waals surface area contributed by atoms with Crippen LogP contribution >= 0.6 is 0 Å². The van der Waals surface area contributed by atoms with E-state index in [1.807, 2.05) is 6.92 Å². The maximum Gasteiger partial charge on any atom is 0.339 e. The summed E-state index contributed by atoms with van der Waals surface area (Å²) in [4.78, 5) is 30.6. The molecule has 14 heteroatoms. The monoisotopic (exact) mass is 640 g/mol. The summed E-state index contributed by atoms with van der Waals surface area (Å²) < 4.78 is 54.6. The molecule has 0 amide bonds. The molecule has 0 aromatic heterocycles. The number of ether oxygens (including phenoxy) is 4. The molecule has 232 valence electrons. The van der Waals surface area contributed by atoms with E-state index in [0.29, 0.717) is 11.1 Å². The molecule has 0 saturated heterocycles. The Morgan fingerprint density at radius 1 is 0.761 bits per heavy atom. The molecular weight excluding hydrogens is 616 g/mol. The van der Waals surface area contributed by atoms with E-state index in [9.17, 15) is 33.1 Å². The largest absolute Gasteiger partial charge is 0.491 e. The molecule has 0 aliphatic rings. The summed E-state index contributed by atoms with van der Waals surface area (Å²) in [6.07, 6.45) is 0. The lowest BCUT2D eigenvalue weighted by Gasteiger charge is -2.13. The molecule has 46 heavy (non-hydrogen) atoms. The Hall–Kier alpha value is -6.19. The van der Waals surface area contributed by atoms with Gasteiger partial charge in [0.05, 0.1) is 36.4 Å². The van der Waals surface area contributed by atoms with Crippen LogP contribution in [-0.4, -0.2) is 51.3 Å². The van der Waals surface area contributed by atoms with Crippen molar-refractivity contribution >= 4 is 33.5 Å². The van der Waals surface area contributed by atoms with Crippen LogP contribution in [0.4, 0.5) is 0 Å². The second kappa shape index (κ2) is 15.5. The number of benzene rings is 3. The molecule has 0 bridgehead atoms. The minimum absolute atomic E-state index is 0.0437. The Morgan fingerprint density at radius 2 is 1.24 bits per heavy atom. The molecule has 3 aromatic carbocycles. The van der Waals surface area contributed by atoms with Crippen LogP contribution in [0.2, 0.25) is 0 Å². The number of aryl methyl sites for hydroxylation is 2. The zero-order valence-electron chi connectivity index (χ0n) is 24.4. The standard InChI is InChI=1S/C32H24N4O9S/c1-20-5-8-22(9-6-20)31(37)44-13-11-42-28-16-25(27(19-34)36-4)29(17-24(28)26(18-33)35-3)43-12-14-45-32(38)23-10-7-21(2)15-30(23)46(39,40)41/h5-10,15-17H,11-14H2,1-2H3,(H,39,40,41). The first kappa shape index (κ1) is 34.3. The summed E-state index contributed by atoms with van der Waals surface area (Å²) in [5.74, 6) is -1.85. The van der Waals surface area contributed by atoms with Crippen molar-refractivity contribution in [3.8, 4) is 23.6 Å². The fraction of sp³-hybridized carbons (Fsp3) is 0.188. The molecule has 0 aliphatic heterocycles. The molecule has 13 nitrogen and oxygen atoms in total. The fourth-order valence-electron chi connectivity index (χ4n) is 3.89. The second-order valence-corrected chi connectivity index (χ2v) is 10.7. The third kappa shape index (κ3) is 8.68. The van der Waals surface area contributed by atoms with E-state index in [1.165, 1.54) is 24.3 Å². The number of rotatable bonds is 11. The summed E-state index contributed by atoms with van der Waals surface area (Å²) in [6, 6.07) is 16.4. The van der Waals surface area contributed by atoms with Gasteiger partial charge >= 0.3 is 11.9 Å². The Morgan fingerprint density at radius 3 is 1.70 bits per heavy atom. The van der Waals surface area contributed by atoms with E-state index in [4.69, 9.17) is 32.1 Å². The lowest BCUT2D eigenvalue weighted by Crippen LogP contribution is -2.23. The van der Waals surface area contributed by atoms with E-state index < -0.39 is 50.5 Å². The smallest absolute Gasteiger partial charge is 0.339 e. The summed E-state index contributed by atoms with van der Waals surface area (Å²) >= 11 is 0. The number of carbonyl (C=O) groups excluding carboxylic acids is 2. The molecule has 0 unspecified atom stereocenters. The van der Waals surface area contributed by atoms with E-state index >= 15 is 0 Å². The van der Waals surface area contributed by atoms with Gasteiger partial charge < -0.3 is 18.9 Å². The number of esters is 2. The summed E-state index contributed by atoms with van der Waals surface area (Å²) in [7, 11) is -4.73. The van der Waals surface area contributed by atoms with Crippen LogP contribution in [-0.2, 0) is 19.6 Å². The van der Waals surface area contributed by atoms with Gasteiger partial charge in [-0.1, -0.05) is 23.8 Å². The van der Waals surface area contributed by atoms with Gasteiger partial charge in [0.2, 0.25) is 0 Å². The average molecular weight is 641 g/mol. The van der Waals surface area contributed by atoms with Gasteiger partial charge in [-0.25, -0.2) is 29.8 Å². The van der Waals surface area contributed by atoms with E-state index in [0.717, 1.165) is 11.6 Å². The van der Waals surface area contributed by atoms with Crippen molar-refractivity contribution in [1.29, 1.82) is 10.5 Å². The molecule has 3 rings (SSSR count). The van der Waals surface area contributed by atoms with Crippen molar-refractivity contribution in [2.45, 2.75) is 18.7 Å². The van der Waals surface area contributed by atoms with Crippen molar-refractivity contribution in [3.63, 3.8) is 0 Å². The van der Waals surface area contributed by atoms with E-state index in [-0.39, 0.29) is 41.8 Å². The minimum Gasteiger partial charge on any atom is -0.491 e. The molecule has 0 saturated carbocycles. The van der Waals surface area contributed by atoms with Crippen molar-refractivity contribution in [3.05, 3.63) is 110 Å². The Kier molecular flexibility index (Phi) is 11.6. The van der Waals surface area contributed by atoms with Crippen LogP contribution in [0.5, 0.6) is 11.5 Å². The highest BCUT2D eigenvalue weighted by molar-refractivity contribution is 7.86. The Bertz CT molecular complexity index is 2050. The average Bonchev–Trinajstić information content (AvgIpc) is 3.03. The minimum atomic E-state index is -4.73. The zero-order valence-corrected chi connectivity index (χ0v) is 25.3. The number of hydrogen-bond donors (Lipinski definition) is 1. The molecule has 0 spiro atoms. The predicted octanol–water partition coefficient (Wildman–Crippen LogP) is 3.12. The normalized spacial score (nSPS) is 11.8. The topological polar surface area (TPSA) is 182 Å². The van der Waals surface area contributed by atoms with Gasteiger partial charge in [0, 0.05) is 10.4 Å². The van der Waals surface area contributed by atoms with E-state index in [2.05, 4.69) is 9.69 Å². The van der Waals surface area contributed by atoms with Crippen LogP contribution in [0.3, 0.4) is 0 Å². The third-order valence-electron chi connectivity index (χ3n) is 6.10. The molecule has 0 aliphatic carbocycles. The maximum atomic E-state index is 12.6. The molecule has 0 atom stereocenters. The van der Waals surface area contributed by atoms with Gasteiger partial charge in [-0.2, -0.15) is 8.42 Å². The first-order valence-electron chi connectivity index (χ1n) is 13.2. The molecule has 0 radical (unpaired) electrons. The maximum absolute atomic E-state index is 12.6. The number of nitrogens with zero attached hydrogens (tertiary/aromatic N) is 4. The van der Waals surface area contributed by atoms with Crippen molar-refractivity contribution < 1.29 is 41.5 Å². The van der Waals surface area contributed by atoms with Crippen LogP contribution in [0.25, 0.3) is 21.1 Å². The first-order chi connectivity index (χ1) is 21.9. The molecular formula is C32H24N4O9S. The number of carbonyl (C=O) groups is 2. The van der Waals surface area contributed by atoms with Crippen molar-refractivity contribution in [2.75, 3.05) is 26.4 Å². The van der Waals surface area contributed by atoms with Gasteiger partial charge in [0.15, 0.2) is 0 Å². The quantitative estimate of drug-likeness (QED) is 0.141. The molecule has 0 heterocycles. The van der Waals surface area contributed by atoms with Gasteiger partial charge in [-0.3, -0.25) is 4.55 Å². The third-order valence-corrected chi connectivity index (χ3v) is 6.99. The van der Waals surface area contributed by atoms with Crippen LogP contribution < -0.4 is 19.9 Å². The van der Waals surface area contributed by atoms with Crippen LogP contribution in [0, 0.1) is 49.7 Å². The Labute approximate surface area is 264 Å². The van der Waals surface area contributed by atoms with Crippen molar-refractivity contribution in [1.82, 2.24) is 0 Å². The summed E-state index contributed by atoms with van der Waals surface area (Å²) in [6.45, 7) is 17.0. The van der Waals surface area contributed by atoms with Gasteiger partial charge in [-0.05, 0) is 55.8 Å². The predicted molar refractivity (Wildman–Crippen MR) is 161 cm³/mol. The highest BCUT2D eigenvalue weighted by atomic mass is 32.2. The van der Waals surface area contributed by atoms with Gasteiger partial charge in [-0.15, -0.1) is 0 Å². The van der Waals surface area contributed by atoms with Crippen molar-refractivity contribution in [2.24, 2.45) is 0 Å². The lowest BCUT2D eigenvalue weighted by molar-refractivity contribution is 0.0437. The Balaban J connectivity index is 1.84. The summed E-state index contributed by atoms with van der Waals surface area (Å²) in [5.41, 5.74) is 0.535. The lowest BCUT2D eigenvalue weighted by atomic mass is 10.1. The number of nitriles is 2. The van der Waals surface area contributed by atoms with E-state index in [1.54, 1.807) is 43.3 Å². The van der Waals surface area contributed by atoms with Gasteiger partial charge in [0.1, 0.15) is 42.8 Å². The second-order valence-electron chi connectivity index (χ2n) is 9.30. The number of hydrogen-bond acceptors (Lipinski definition) is 10. The SMILES string of the molecule is [C-]#[N+]C(C#N)=c1cc(OCCOC(=O)c2ccc(C)cc2S(=O)(=O)O)c(=C(C#N)[N+]#[C-])cc1OCCOC(=O)c1ccc(C)cc1. The van der Waals surface area contributed by atoms with Gasteiger partial charge in [0.25, 0.3) is 21.5 Å². The van der Waals surface area contributed by atoms with Crippen LogP contribution in [0.15, 0.2) is 59.5 Å². The summed E-state index contributed by atoms with van der Waals surface area (Å²) in [5, 5.41) is 19.0. The van der Waals surface area contributed by atoms with Crippen LogP contribution in [0.1, 0.15) is 31.8 Å². The highest BCUT2D eigenvalue weighted by Gasteiger charge is 2.22. The highest BCUT2D eigenvalue weighted by Crippen LogP contribution is 2.19. The molecule has 3 aromatic rings. The zero-order chi connectivity index (χ0) is 33.9. The first-order valence-corrected chi connectivity index (χ1v) is 14.6. The molecule has 1 N–H and O–H groups in total. The molecule has 0 fully saturated rings.